The summed E-state index contributed by atoms with van der Waals surface area (Å²) >= 11 is 0. The lowest BCUT2D eigenvalue weighted by Crippen LogP contribution is -2.37. The Bertz CT molecular complexity index is 952. The fourth-order valence-corrected chi connectivity index (χ4v) is 3.19. The second kappa shape index (κ2) is 6.62. The molecule has 1 amide bonds. The topological polar surface area (TPSA) is 87.5 Å². The summed E-state index contributed by atoms with van der Waals surface area (Å²) in [7, 11) is 1.78. The van der Waals surface area contributed by atoms with Gasteiger partial charge >= 0.3 is 0 Å². The molecule has 2 N–H and O–H groups in total. The van der Waals surface area contributed by atoms with E-state index in [4.69, 9.17) is 0 Å². The molecule has 26 heavy (non-hydrogen) atoms. The lowest BCUT2D eigenvalue weighted by molar-refractivity contribution is 0.0935. The van der Waals surface area contributed by atoms with Crippen LogP contribution < -0.4 is 15.5 Å². The normalized spacial score (nSPS) is 16.8. The molecule has 0 unspecified atom stereocenters. The summed E-state index contributed by atoms with van der Waals surface area (Å²) < 4.78 is 1.84. The second-order valence-electron chi connectivity index (χ2n) is 6.42. The van der Waals surface area contributed by atoms with E-state index in [1.165, 1.54) is 0 Å². The standard InChI is InChI=1S/C18H21N7O/c1-12-10-20-16-6-7-17(23-25(12)16)24-9-8-13(11-24)21-18(26)14-4-3-5-15(19-2)22-14/h3-7,10,13H,8-9,11H2,1-2H3,(H,19,22)(H,21,26)/t13-/m0/s1. The summed E-state index contributed by atoms with van der Waals surface area (Å²) in [6, 6.07) is 9.39. The summed E-state index contributed by atoms with van der Waals surface area (Å²) in [5.41, 5.74) is 2.26. The van der Waals surface area contributed by atoms with Crippen molar-refractivity contribution in [3.8, 4) is 0 Å². The molecular formula is C18H21N7O. The summed E-state index contributed by atoms with van der Waals surface area (Å²) in [5.74, 6) is 1.42. The van der Waals surface area contributed by atoms with E-state index >= 15 is 0 Å². The number of carbonyl (C=O) groups is 1. The highest BCUT2D eigenvalue weighted by Crippen LogP contribution is 2.19. The van der Waals surface area contributed by atoms with Crippen molar-refractivity contribution in [3.63, 3.8) is 0 Å². The predicted molar refractivity (Wildman–Crippen MR) is 99.6 cm³/mol. The molecule has 0 saturated carbocycles. The number of nitrogens with one attached hydrogen (secondary N) is 2. The number of anilines is 2. The first-order valence-corrected chi connectivity index (χ1v) is 8.66. The average molecular weight is 351 g/mol. The Morgan fingerprint density at radius 1 is 1.27 bits per heavy atom. The van der Waals surface area contributed by atoms with Crippen LogP contribution >= 0.6 is 0 Å². The summed E-state index contributed by atoms with van der Waals surface area (Å²) in [6.45, 7) is 3.56. The molecule has 0 aliphatic carbocycles. The van der Waals surface area contributed by atoms with Gasteiger partial charge < -0.3 is 15.5 Å². The number of hydrogen-bond acceptors (Lipinski definition) is 6. The molecule has 4 heterocycles. The average Bonchev–Trinajstić information content (AvgIpc) is 3.28. The Morgan fingerprint density at radius 2 is 2.15 bits per heavy atom. The smallest absolute Gasteiger partial charge is 0.270 e. The van der Waals surface area contributed by atoms with Crippen molar-refractivity contribution in [1.82, 2.24) is 24.9 Å². The SMILES string of the molecule is CNc1cccc(C(=O)N[C@H]2CCN(c3ccc4ncc(C)n4n3)C2)n1. The summed E-state index contributed by atoms with van der Waals surface area (Å²) in [6.07, 6.45) is 2.69. The molecule has 1 aliphatic rings. The highest BCUT2D eigenvalue weighted by atomic mass is 16.2. The molecule has 1 aliphatic heterocycles. The van der Waals surface area contributed by atoms with Gasteiger partial charge in [0, 0.05) is 26.2 Å². The molecule has 3 aromatic rings. The number of hydrogen-bond donors (Lipinski definition) is 2. The molecule has 0 radical (unpaired) electrons. The van der Waals surface area contributed by atoms with E-state index in [0.717, 1.165) is 36.7 Å². The molecule has 1 atom stereocenters. The largest absolute Gasteiger partial charge is 0.373 e. The maximum Gasteiger partial charge on any atom is 0.270 e. The van der Waals surface area contributed by atoms with Gasteiger partial charge in [-0.25, -0.2) is 14.5 Å². The van der Waals surface area contributed by atoms with E-state index in [1.807, 2.05) is 41.9 Å². The maximum absolute atomic E-state index is 12.4. The van der Waals surface area contributed by atoms with Gasteiger partial charge in [0.15, 0.2) is 5.65 Å². The Balaban J connectivity index is 1.44. The molecular weight excluding hydrogens is 330 g/mol. The van der Waals surface area contributed by atoms with Gasteiger partial charge in [-0.15, -0.1) is 5.10 Å². The van der Waals surface area contributed by atoms with E-state index in [0.29, 0.717) is 11.5 Å². The van der Waals surface area contributed by atoms with Crippen LogP contribution in [0.5, 0.6) is 0 Å². The Labute approximate surface area is 151 Å². The van der Waals surface area contributed by atoms with E-state index in [1.54, 1.807) is 13.1 Å². The van der Waals surface area contributed by atoms with Crippen LogP contribution in [0.25, 0.3) is 5.65 Å². The minimum absolute atomic E-state index is 0.0731. The van der Waals surface area contributed by atoms with Crippen LogP contribution in [-0.4, -0.2) is 51.7 Å². The molecule has 0 spiro atoms. The van der Waals surface area contributed by atoms with Crippen LogP contribution in [0, 0.1) is 6.92 Å². The predicted octanol–water partition coefficient (Wildman–Crippen LogP) is 1.48. The monoisotopic (exact) mass is 351 g/mol. The molecule has 3 aromatic heterocycles. The third kappa shape index (κ3) is 3.05. The van der Waals surface area contributed by atoms with Gasteiger partial charge in [0.1, 0.15) is 17.3 Å². The van der Waals surface area contributed by atoms with Crippen LogP contribution in [0.15, 0.2) is 36.5 Å². The number of pyridine rings is 1. The first-order chi connectivity index (χ1) is 12.6. The van der Waals surface area contributed by atoms with Gasteiger partial charge in [-0.05, 0) is 37.6 Å². The number of aryl methyl sites for hydroxylation is 1. The number of fused-ring (bicyclic) bond motifs is 1. The van der Waals surface area contributed by atoms with Gasteiger partial charge in [0.2, 0.25) is 0 Å². The molecule has 8 heteroatoms. The molecule has 134 valence electrons. The minimum atomic E-state index is -0.150. The second-order valence-corrected chi connectivity index (χ2v) is 6.42. The fraction of sp³-hybridized carbons (Fsp3) is 0.333. The first-order valence-electron chi connectivity index (χ1n) is 8.66. The molecule has 0 aromatic carbocycles. The number of aromatic nitrogens is 4. The molecule has 0 bridgehead atoms. The van der Waals surface area contributed by atoms with Crippen molar-refractivity contribution in [2.45, 2.75) is 19.4 Å². The number of carbonyl (C=O) groups excluding carboxylic acids is 1. The first kappa shape index (κ1) is 16.3. The maximum atomic E-state index is 12.4. The third-order valence-electron chi connectivity index (χ3n) is 4.60. The minimum Gasteiger partial charge on any atom is -0.373 e. The number of imidazole rings is 1. The molecule has 8 nitrogen and oxygen atoms in total. The van der Waals surface area contributed by atoms with Crippen molar-refractivity contribution < 1.29 is 4.79 Å². The van der Waals surface area contributed by atoms with Crippen molar-refractivity contribution >= 4 is 23.2 Å². The van der Waals surface area contributed by atoms with Crippen LogP contribution in [0.2, 0.25) is 0 Å². The lowest BCUT2D eigenvalue weighted by Gasteiger charge is -2.18. The third-order valence-corrected chi connectivity index (χ3v) is 4.60. The molecule has 4 rings (SSSR count). The van der Waals surface area contributed by atoms with Crippen molar-refractivity contribution in [3.05, 3.63) is 47.9 Å². The molecule has 1 fully saturated rings. The van der Waals surface area contributed by atoms with Crippen molar-refractivity contribution in [2.24, 2.45) is 0 Å². The van der Waals surface area contributed by atoms with Gasteiger partial charge in [-0.3, -0.25) is 4.79 Å². The van der Waals surface area contributed by atoms with Crippen molar-refractivity contribution in [2.75, 3.05) is 30.4 Å². The van der Waals surface area contributed by atoms with Gasteiger partial charge in [0.25, 0.3) is 5.91 Å². The lowest BCUT2D eigenvalue weighted by atomic mass is 10.2. The summed E-state index contributed by atoms with van der Waals surface area (Å²) in [4.78, 5) is 23.2. The summed E-state index contributed by atoms with van der Waals surface area (Å²) in [5, 5.41) is 10.7. The number of rotatable bonds is 4. The quantitative estimate of drug-likeness (QED) is 0.740. The Hall–Kier alpha value is -3.16. The number of amides is 1. The van der Waals surface area contributed by atoms with E-state index in [2.05, 4.69) is 30.6 Å². The van der Waals surface area contributed by atoms with Crippen LogP contribution in [-0.2, 0) is 0 Å². The Kier molecular flexibility index (Phi) is 4.16. The van der Waals surface area contributed by atoms with Gasteiger partial charge in [0.05, 0.1) is 11.9 Å². The number of nitrogens with zero attached hydrogens (tertiary/aromatic N) is 5. The van der Waals surface area contributed by atoms with Crippen LogP contribution in [0.3, 0.4) is 0 Å². The van der Waals surface area contributed by atoms with Crippen LogP contribution in [0.1, 0.15) is 22.6 Å². The Morgan fingerprint density at radius 3 is 3.00 bits per heavy atom. The van der Waals surface area contributed by atoms with Gasteiger partial charge in [-0.2, -0.15) is 0 Å². The van der Waals surface area contributed by atoms with E-state index in [-0.39, 0.29) is 11.9 Å². The van der Waals surface area contributed by atoms with E-state index < -0.39 is 0 Å². The highest BCUT2D eigenvalue weighted by molar-refractivity contribution is 5.92. The van der Waals surface area contributed by atoms with Crippen molar-refractivity contribution in [1.29, 1.82) is 0 Å². The zero-order valence-electron chi connectivity index (χ0n) is 14.8. The molecule has 1 saturated heterocycles. The zero-order valence-corrected chi connectivity index (χ0v) is 14.8. The van der Waals surface area contributed by atoms with E-state index in [9.17, 15) is 4.79 Å². The van der Waals surface area contributed by atoms with Crippen LogP contribution in [0.4, 0.5) is 11.6 Å². The highest BCUT2D eigenvalue weighted by Gasteiger charge is 2.26. The zero-order chi connectivity index (χ0) is 18.1. The van der Waals surface area contributed by atoms with Gasteiger partial charge in [-0.1, -0.05) is 6.07 Å². The fourth-order valence-electron chi connectivity index (χ4n) is 3.19.